The van der Waals surface area contributed by atoms with Crippen LogP contribution in [0.2, 0.25) is 0 Å². The number of hydrogen-bond acceptors (Lipinski definition) is 5. The number of rotatable bonds is 3. The van der Waals surface area contributed by atoms with Crippen molar-refractivity contribution in [2.45, 2.75) is 31.0 Å². The van der Waals surface area contributed by atoms with Crippen LogP contribution < -0.4 is 14.5 Å². The maximum absolute atomic E-state index is 13.3. The Balaban J connectivity index is 1.46. The highest BCUT2D eigenvalue weighted by atomic mass is 19.4. The molecule has 1 spiro atoms. The summed E-state index contributed by atoms with van der Waals surface area (Å²) in [6.07, 6.45) is -1.76. The molecule has 164 valence electrons. The van der Waals surface area contributed by atoms with E-state index in [0.717, 1.165) is 42.8 Å². The molecule has 5 rings (SSSR count). The first-order valence-electron chi connectivity index (χ1n) is 10.4. The zero-order valence-corrected chi connectivity index (χ0v) is 17.1. The molecule has 0 N–H and O–H groups in total. The van der Waals surface area contributed by atoms with Gasteiger partial charge in [-0.25, -0.2) is 0 Å². The number of carbonyl (C=O) groups excluding carboxylic acids is 1. The molecule has 3 aliphatic rings. The summed E-state index contributed by atoms with van der Waals surface area (Å²) in [5.41, 5.74) is 1.36. The fourth-order valence-electron chi connectivity index (χ4n) is 4.56. The lowest BCUT2D eigenvalue weighted by molar-refractivity contribution is -0.146. The topological polar surface area (TPSA) is 42.0 Å². The van der Waals surface area contributed by atoms with Gasteiger partial charge in [0.05, 0.1) is 30.8 Å². The molecule has 0 unspecified atom stereocenters. The summed E-state index contributed by atoms with van der Waals surface area (Å²) < 4.78 is 50.7. The number of nitrogens with zero attached hydrogens (tertiary/aromatic N) is 2. The molecule has 0 aromatic heterocycles. The Morgan fingerprint density at radius 3 is 2.52 bits per heavy atom. The zero-order chi connectivity index (χ0) is 21.8. The number of ether oxygens (including phenoxy) is 2. The first-order chi connectivity index (χ1) is 14.8. The molecule has 1 aliphatic carbocycles. The standard InChI is InChI=1S/C23H23F3N2O3/c1-30-21(29)15-12-27(13-15)17-4-2-5-18(11-17)28-14-22(8-3-9-22)31-20-10-16(23(24,25)26)6-7-19(20)28/h2,4-7,10-11,15H,3,8-9,12-14H2,1H3. The van der Waals surface area contributed by atoms with Crippen molar-refractivity contribution >= 4 is 23.0 Å². The number of hydrogen-bond donors (Lipinski definition) is 0. The maximum Gasteiger partial charge on any atom is 0.416 e. The van der Waals surface area contributed by atoms with E-state index < -0.39 is 17.3 Å². The molecule has 2 aromatic rings. The lowest BCUT2D eigenvalue weighted by Crippen LogP contribution is -2.54. The van der Waals surface area contributed by atoms with Gasteiger partial charge in [0.25, 0.3) is 0 Å². The lowest BCUT2D eigenvalue weighted by Gasteiger charge is -2.49. The smallest absolute Gasteiger partial charge is 0.416 e. The van der Waals surface area contributed by atoms with E-state index in [9.17, 15) is 18.0 Å². The quantitative estimate of drug-likeness (QED) is 0.654. The predicted molar refractivity (Wildman–Crippen MR) is 110 cm³/mol. The summed E-state index contributed by atoms with van der Waals surface area (Å²) in [5, 5.41) is 0. The van der Waals surface area contributed by atoms with Crippen molar-refractivity contribution in [1.29, 1.82) is 0 Å². The van der Waals surface area contributed by atoms with Crippen LogP contribution in [0.25, 0.3) is 0 Å². The van der Waals surface area contributed by atoms with Gasteiger partial charge in [0.2, 0.25) is 0 Å². The van der Waals surface area contributed by atoms with Crippen molar-refractivity contribution in [2.24, 2.45) is 5.92 Å². The summed E-state index contributed by atoms with van der Waals surface area (Å²) in [4.78, 5) is 15.8. The van der Waals surface area contributed by atoms with E-state index in [1.165, 1.54) is 13.2 Å². The van der Waals surface area contributed by atoms with Crippen molar-refractivity contribution in [3.63, 3.8) is 0 Å². The van der Waals surface area contributed by atoms with E-state index >= 15 is 0 Å². The van der Waals surface area contributed by atoms with Crippen LogP contribution >= 0.6 is 0 Å². The number of methoxy groups -OCH3 is 1. The van der Waals surface area contributed by atoms with Gasteiger partial charge < -0.3 is 19.3 Å². The van der Waals surface area contributed by atoms with Gasteiger partial charge in [-0.1, -0.05) is 6.07 Å². The van der Waals surface area contributed by atoms with Crippen LogP contribution in [0.5, 0.6) is 5.75 Å². The number of carbonyl (C=O) groups is 1. The van der Waals surface area contributed by atoms with Gasteiger partial charge in [-0.2, -0.15) is 13.2 Å². The third kappa shape index (κ3) is 3.47. The van der Waals surface area contributed by atoms with Crippen LogP contribution in [-0.2, 0) is 15.7 Å². The zero-order valence-electron chi connectivity index (χ0n) is 17.1. The molecule has 0 amide bonds. The number of benzene rings is 2. The van der Waals surface area contributed by atoms with E-state index in [-0.39, 0.29) is 17.6 Å². The van der Waals surface area contributed by atoms with Crippen molar-refractivity contribution in [3.8, 4) is 5.75 Å². The number of anilines is 3. The van der Waals surface area contributed by atoms with Crippen LogP contribution in [0.4, 0.5) is 30.2 Å². The van der Waals surface area contributed by atoms with Crippen LogP contribution in [0.3, 0.4) is 0 Å². The molecule has 8 heteroatoms. The molecular weight excluding hydrogens is 409 g/mol. The Morgan fingerprint density at radius 2 is 1.87 bits per heavy atom. The number of halogens is 3. The highest BCUT2D eigenvalue weighted by molar-refractivity contribution is 5.78. The van der Waals surface area contributed by atoms with Crippen molar-refractivity contribution < 1.29 is 27.4 Å². The molecule has 0 atom stereocenters. The summed E-state index contributed by atoms with van der Waals surface area (Å²) in [5.74, 6) is -0.0559. The molecule has 5 nitrogen and oxygen atoms in total. The molecule has 1 saturated heterocycles. The number of alkyl halides is 3. The van der Waals surface area contributed by atoms with E-state index in [1.807, 2.05) is 24.3 Å². The van der Waals surface area contributed by atoms with E-state index in [4.69, 9.17) is 9.47 Å². The van der Waals surface area contributed by atoms with Gasteiger partial charge in [0.15, 0.2) is 0 Å². The molecular formula is C23H23F3N2O3. The SMILES string of the molecule is COC(=O)C1CN(c2cccc(N3CC4(CCC4)Oc4cc(C(F)(F)F)ccc43)c2)C1. The molecule has 0 bridgehead atoms. The average Bonchev–Trinajstić information content (AvgIpc) is 2.69. The van der Waals surface area contributed by atoms with E-state index in [2.05, 4.69) is 9.80 Å². The number of esters is 1. The Bertz CT molecular complexity index is 1010. The molecule has 2 heterocycles. The third-order valence-electron chi connectivity index (χ3n) is 6.54. The molecule has 2 aliphatic heterocycles. The Hall–Kier alpha value is -2.90. The van der Waals surface area contributed by atoms with Gasteiger partial charge in [0, 0.05) is 24.5 Å². The van der Waals surface area contributed by atoms with Crippen molar-refractivity contribution in [2.75, 3.05) is 36.5 Å². The highest BCUT2D eigenvalue weighted by Gasteiger charge is 2.46. The normalized spacial score (nSPS) is 19.9. The second kappa shape index (κ2) is 7.07. The third-order valence-corrected chi connectivity index (χ3v) is 6.54. The highest BCUT2D eigenvalue weighted by Crippen LogP contribution is 2.49. The predicted octanol–water partition coefficient (Wildman–Crippen LogP) is 4.77. The second-order valence-corrected chi connectivity index (χ2v) is 8.55. The number of fused-ring (bicyclic) bond motifs is 1. The minimum atomic E-state index is -4.42. The molecule has 2 aromatic carbocycles. The van der Waals surface area contributed by atoms with Crippen LogP contribution in [0.1, 0.15) is 24.8 Å². The fourth-order valence-corrected chi connectivity index (χ4v) is 4.56. The summed E-state index contributed by atoms with van der Waals surface area (Å²) in [7, 11) is 1.39. The van der Waals surface area contributed by atoms with Crippen LogP contribution in [0, 0.1) is 5.92 Å². The van der Waals surface area contributed by atoms with Gasteiger partial charge in [-0.3, -0.25) is 4.79 Å². The van der Waals surface area contributed by atoms with Gasteiger partial charge in [-0.15, -0.1) is 0 Å². The lowest BCUT2D eigenvalue weighted by atomic mass is 9.78. The molecule has 1 saturated carbocycles. The largest absolute Gasteiger partial charge is 0.483 e. The molecule has 31 heavy (non-hydrogen) atoms. The van der Waals surface area contributed by atoms with Gasteiger partial charge in [-0.05, 0) is 55.7 Å². The van der Waals surface area contributed by atoms with E-state index in [0.29, 0.717) is 25.3 Å². The minimum absolute atomic E-state index is 0.128. The Kier molecular flexibility index (Phi) is 4.57. The van der Waals surface area contributed by atoms with Crippen molar-refractivity contribution in [1.82, 2.24) is 0 Å². The van der Waals surface area contributed by atoms with Crippen molar-refractivity contribution in [3.05, 3.63) is 48.0 Å². The van der Waals surface area contributed by atoms with Gasteiger partial charge >= 0.3 is 12.1 Å². The Morgan fingerprint density at radius 1 is 1.13 bits per heavy atom. The maximum atomic E-state index is 13.3. The minimum Gasteiger partial charge on any atom is -0.483 e. The van der Waals surface area contributed by atoms with Crippen LogP contribution in [-0.4, -0.2) is 38.3 Å². The second-order valence-electron chi connectivity index (χ2n) is 8.55. The summed E-state index contributed by atoms with van der Waals surface area (Å²) >= 11 is 0. The van der Waals surface area contributed by atoms with Gasteiger partial charge in [0.1, 0.15) is 11.4 Å². The molecule has 0 radical (unpaired) electrons. The first-order valence-corrected chi connectivity index (χ1v) is 10.4. The summed E-state index contributed by atoms with van der Waals surface area (Å²) in [6.45, 7) is 1.78. The monoisotopic (exact) mass is 432 g/mol. The molecule has 2 fully saturated rings. The summed E-state index contributed by atoms with van der Waals surface area (Å²) in [6, 6.07) is 11.6. The Labute approximate surface area is 178 Å². The first kappa shape index (κ1) is 20.0. The van der Waals surface area contributed by atoms with E-state index in [1.54, 1.807) is 0 Å². The fraction of sp³-hybridized carbons (Fsp3) is 0.435. The average molecular weight is 432 g/mol. The van der Waals surface area contributed by atoms with Crippen LogP contribution in [0.15, 0.2) is 42.5 Å².